The van der Waals surface area contributed by atoms with Crippen LogP contribution >= 0.6 is 0 Å². The van der Waals surface area contributed by atoms with E-state index in [2.05, 4.69) is 10.1 Å². The van der Waals surface area contributed by atoms with Crippen LogP contribution in [0.15, 0.2) is 24.4 Å². The van der Waals surface area contributed by atoms with Crippen molar-refractivity contribution in [2.45, 2.75) is 6.92 Å². The first-order valence-electron chi connectivity index (χ1n) is 5.38. The molecule has 4 nitrogen and oxygen atoms in total. The van der Waals surface area contributed by atoms with Gasteiger partial charge in [-0.05, 0) is 17.8 Å². The quantitative estimate of drug-likeness (QED) is 0.555. The monoisotopic (exact) mass is 221 g/mol. The number of hydrogen-bond donors (Lipinski definition) is 1. The minimum Gasteiger partial charge on any atom is -0.466 e. The minimum absolute atomic E-state index is 0.0531. The molecule has 2 aliphatic rings. The molecular formula is C12H15NO3. The van der Waals surface area contributed by atoms with Crippen LogP contribution in [0.5, 0.6) is 0 Å². The average molecular weight is 221 g/mol. The third-order valence-corrected chi connectivity index (χ3v) is 3.54. The number of methoxy groups -OCH3 is 1. The van der Waals surface area contributed by atoms with Crippen molar-refractivity contribution in [3.63, 3.8) is 0 Å². The summed E-state index contributed by atoms with van der Waals surface area (Å²) >= 11 is 0. The summed E-state index contributed by atoms with van der Waals surface area (Å²) < 4.78 is 4.54. The molecule has 4 atom stereocenters. The van der Waals surface area contributed by atoms with Crippen molar-refractivity contribution in [3.8, 4) is 0 Å². The summed E-state index contributed by atoms with van der Waals surface area (Å²) in [5.74, 6) is 0.548. The molecule has 0 spiro atoms. The second-order valence-corrected chi connectivity index (χ2v) is 4.29. The van der Waals surface area contributed by atoms with Gasteiger partial charge in [-0.3, -0.25) is 4.79 Å². The number of nitrogens with one attached hydrogen (secondary N) is 1. The second-order valence-electron chi connectivity index (χ2n) is 4.29. The van der Waals surface area contributed by atoms with Crippen molar-refractivity contribution in [3.05, 3.63) is 24.4 Å². The first kappa shape index (κ1) is 10.9. The van der Waals surface area contributed by atoms with Crippen LogP contribution in [0.2, 0.25) is 0 Å². The van der Waals surface area contributed by atoms with Gasteiger partial charge in [0.2, 0.25) is 5.91 Å². The molecule has 16 heavy (non-hydrogen) atoms. The summed E-state index contributed by atoms with van der Waals surface area (Å²) in [6.07, 6.45) is 6.98. The lowest BCUT2D eigenvalue weighted by Crippen LogP contribution is -2.53. The van der Waals surface area contributed by atoms with Crippen LogP contribution in [0, 0.1) is 23.7 Å². The Balaban J connectivity index is 2.06. The number of hydrogen-bond acceptors (Lipinski definition) is 3. The summed E-state index contributed by atoms with van der Waals surface area (Å²) in [5.41, 5.74) is 0. The fourth-order valence-electron chi connectivity index (χ4n) is 2.59. The normalized spacial score (nSPS) is 36.5. The zero-order valence-corrected chi connectivity index (χ0v) is 9.34. The van der Waals surface area contributed by atoms with Gasteiger partial charge in [-0.15, -0.1) is 0 Å². The van der Waals surface area contributed by atoms with Gasteiger partial charge in [0.05, 0.1) is 7.11 Å². The molecule has 1 aliphatic heterocycles. The Labute approximate surface area is 94.3 Å². The molecule has 0 bridgehead atoms. The fraction of sp³-hybridized carbons (Fsp3) is 0.500. The molecule has 0 aromatic heterocycles. The molecule has 0 unspecified atom stereocenters. The summed E-state index contributed by atoms with van der Waals surface area (Å²) in [6.45, 7) is 2.03. The highest BCUT2D eigenvalue weighted by Gasteiger charge is 2.50. The largest absolute Gasteiger partial charge is 0.466 e. The standard InChI is InChI=1S/C12H15NO3/c1-7-8(3-4-10(14)16-2)9-5-6-13-12(15)11(7)9/h3-9,11H,1-2H3,(H,13,15)/b4-3+/t7-,8-,9+,11-/m0/s1. The topological polar surface area (TPSA) is 55.4 Å². The van der Waals surface area contributed by atoms with Gasteiger partial charge in [0.25, 0.3) is 0 Å². The van der Waals surface area contributed by atoms with Crippen molar-refractivity contribution < 1.29 is 14.3 Å². The zero-order valence-electron chi connectivity index (χ0n) is 9.34. The van der Waals surface area contributed by atoms with E-state index >= 15 is 0 Å². The van der Waals surface area contributed by atoms with E-state index in [0.29, 0.717) is 0 Å². The van der Waals surface area contributed by atoms with Crippen LogP contribution in [-0.2, 0) is 14.3 Å². The molecule has 0 saturated heterocycles. The maximum Gasteiger partial charge on any atom is 0.330 e. The molecule has 4 heteroatoms. The van der Waals surface area contributed by atoms with Crippen molar-refractivity contribution in [2.75, 3.05) is 7.11 Å². The molecule has 1 aliphatic carbocycles. The lowest BCUT2D eigenvalue weighted by Gasteiger charge is -2.48. The number of allylic oxidation sites excluding steroid dienone is 2. The van der Waals surface area contributed by atoms with Gasteiger partial charge < -0.3 is 10.1 Å². The SMILES string of the molecule is COC(=O)/C=C/[C@H]1[C@H](C)[C@@H]2C(=O)NC=C[C@H]12. The van der Waals surface area contributed by atoms with Crippen LogP contribution in [0.3, 0.4) is 0 Å². The molecule has 0 aromatic rings. The lowest BCUT2D eigenvalue weighted by atomic mass is 9.56. The Morgan fingerprint density at radius 1 is 1.56 bits per heavy atom. The number of amides is 1. The van der Waals surface area contributed by atoms with Crippen LogP contribution < -0.4 is 5.32 Å². The predicted octanol–water partition coefficient (Wildman–Crippen LogP) is 0.857. The van der Waals surface area contributed by atoms with E-state index in [1.807, 2.05) is 19.1 Å². The number of rotatable bonds is 2. The van der Waals surface area contributed by atoms with Gasteiger partial charge in [-0.2, -0.15) is 0 Å². The highest BCUT2D eigenvalue weighted by molar-refractivity contribution is 5.84. The van der Waals surface area contributed by atoms with Crippen LogP contribution in [-0.4, -0.2) is 19.0 Å². The highest BCUT2D eigenvalue weighted by Crippen LogP contribution is 2.48. The number of carbonyl (C=O) groups is 2. The molecular weight excluding hydrogens is 206 g/mol. The Kier molecular flexibility index (Phi) is 2.81. The lowest BCUT2D eigenvalue weighted by molar-refractivity contribution is -0.135. The number of carbonyl (C=O) groups excluding carboxylic acids is 2. The van der Waals surface area contributed by atoms with E-state index in [4.69, 9.17) is 0 Å². The van der Waals surface area contributed by atoms with Crippen LogP contribution in [0.1, 0.15) is 6.92 Å². The van der Waals surface area contributed by atoms with Gasteiger partial charge in [0.15, 0.2) is 0 Å². The number of fused-ring (bicyclic) bond motifs is 1. The smallest absolute Gasteiger partial charge is 0.330 e. The van der Waals surface area contributed by atoms with E-state index in [1.54, 1.807) is 6.20 Å². The molecule has 1 heterocycles. The van der Waals surface area contributed by atoms with Crippen molar-refractivity contribution >= 4 is 11.9 Å². The van der Waals surface area contributed by atoms with E-state index in [1.165, 1.54) is 13.2 Å². The summed E-state index contributed by atoms with van der Waals surface area (Å²) in [4.78, 5) is 22.5. The molecule has 1 amide bonds. The first-order chi connectivity index (χ1) is 7.65. The molecule has 1 saturated carbocycles. The van der Waals surface area contributed by atoms with E-state index in [0.717, 1.165) is 0 Å². The third kappa shape index (κ3) is 1.64. The van der Waals surface area contributed by atoms with Gasteiger partial charge in [0, 0.05) is 18.2 Å². The van der Waals surface area contributed by atoms with Gasteiger partial charge in [-0.1, -0.05) is 19.1 Å². The van der Waals surface area contributed by atoms with E-state index in [-0.39, 0.29) is 35.5 Å². The molecule has 0 radical (unpaired) electrons. The second kappa shape index (κ2) is 4.12. The highest BCUT2D eigenvalue weighted by atomic mass is 16.5. The summed E-state index contributed by atoms with van der Waals surface area (Å²) in [6, 6.07) is 0. The van der Waals surface area contributed by atoms with Crippen molar-refractivity contribution in [2.24, 2.45) is 23.7 Å². The van der Waals surface area contributed by atoms with Crippen molar-refractivity contribution in [1.29, 1.82) is 0 Å². The van der Waals surface area contributed by atoms with E-state index < -0.39 is 0 Å². The first-order valence-corrected chi connectivity index (χ1v) is 5.38. The van der Waals surface area contributed by atoms with E-state index in [9.17, 15) is 9.59 Å². The Morgan fingerprint density at radius 2 is 2.31 bits per heavy atom. The summed E-state index contributed by atoms with van der Waals surface area (Å²) in [7, 11) is 1.35. The maximum atomic E-state index is 11.5. The molecule has 1 N–H and O–H groups in total. The van der Waals surface area contributed by atoms with Gasteiger partial charge in [-0.25, -0.2) is 4.79 Å². The molecule has 0 aromatic carbocycles. The zero-order chi connectivity index (χ0) is 11.7. The number of ether oxygens (including phenoxy) is 1. The Hall–Kier alpha value is -1.58. The third-order valence-electron chi connectivity index (χ3n) is 3.54. The molecule has 1 fully saturated rings. The van der Waals surface area contributed by atoms with Gasteiger partial charge >= 0.3 is 5.97 Å². The molecule has 86 valence electrons. The van der Waals surface area contributed by atoms with Gasteiger partial charge in [0.1, 0.15) is 0 Å². The predicted molar refractivity (Wildman–Crippen MR) is 58.1 cm³/mol. The Morgan fingerprint density at radius 3 is 3.00 bits per heavy atom. The number of esters is 1. The van der Waals surface area contributed by atoms with Crippen LogP contribution in [0.4, 0.5) is 0 Å². The fourth-order valence-corrected chi connectivity index (χ4v) is 2.59. The van der Waals surface area contributed by atoms with Crippen LogP contribution in [0.25, 0.3) is 0 Å². The maximum absolute atomic E-state index is 11.5. The average Bonchev–Trinajstić information content (AvgIpc) is 2.28. The Bertz CT molecular complexity index is 372. The molecule has 2 rings (SSSR count). The van der Waals surface area contributed by atoms with Crippen molar-refractivity contribution in [1.82, 2.24) is 5.32 Å². The summed E-state index contributed by atoms with van der Waals surface area (Å²) in [5, 5.41) is 2.71. The minimum atomic E-state index is -0.347.